The Bertz CT molecular complexity index is 543. The minimum atomic E-state index is -3.40. The fraction of sp³-hybridized carbons (Fsp3) is 0.600. The summed E-state index contributed by atoms with van der Waals surface area (Å²) in [5.74, 6) is 1.10. The Hall–Kier alpha value is -1.11. The number of ether oxygens (including phenoxy) is 1. The van der Waals surface area contributed by atoms with Gasteiger partial charge in [0.1, 0.15) is 11.9 Å². The lowest BCUT2D eigenvalue weighted by molar-refractivity contribution is 0.0969. The maximum atomic E-state index is 11.9. The van der Waals surface area contributed by atoms with Gasteiger partial charge < -0.3 is 10.5 Å². The summed E-state index contributed by atoms with van der Waals surface area (Å²) in [4.78, 5) is 0.260. The van der Waals surface area contributed by atoms with Crippen LogP contribution in [0.15, 0.2) is 29.2 Å². The third-order valence-corrected chi connectivity index (χ3v) is 5.46. The molecule has 0 amide bonds. The van der Waals surface area contributed by atoms with Crippen LogP contribution in [-0.4, -0.2) is 27.6 Å². The molecule has 118 valence electrons. The van der Waals surface area contributed by atoms with Gasteiger partial charge in [-0.05, 0) is 50.1 Å². The number of benzene rings is 1. The van der Waals surface area contributed by atoms with E-state index in [1.54, 1.807) is 31.2 Å². The predicted molar refractivity (Wildman–Crippen MR) is 82.7 cm³/mol. The second kappa shape index (κ2) is 7.24. The van der Waals surface area contributed by atoms with E-state index >= 15 is 0 Å². The molecule has 0 heterocycles. The Balaban J connectivity index is 2.05. The molecule has 6 heteroatoms. The third-order valence-electron chi connectivity index (χ3n) is 3.90. The molecule has 0 radical (unpaired) electrons. The molecule has 3 N–H and O–H groups in total. The fourth-order valence-electron chi connectivity index (χ4n) is 2.74. The van der Waals surface area contributed by atoms with Gasteiger partial charge in [0.05, 0.1) is 4.90 Å². The topological polar surface area (TPSA) is 81.4 Å². The van der Waals surface area contributed by atoms with Gasteiger partial charge in [-0.25, -0.2) is 13.1 Å². The van der Waals surface area contributed by atoms with Crippen molar-refractivity contribution in [2.45, 2.75) is 43.6 Å². The number of hydrogen-bond donors (Lipinski definition) is 2. The zero-order valence-corrected chi connectivity index (χ0v) is 13.2. The van der Waals surface area contributed by atoms with Crippen LogP contribution in [0.3, 0.4) is 0 Å². The highest BCUT2D eigenvalue weighted by Crippen LogP contribution is 2.28. The molecule has 1 fully saturated rings. The van der Waals surface area contributed by atoms with Crippen LogP contribution in [0.1, 0.15) is 32.6 Å². The first-order valence-corrected chi connectivity index (χ1v) is 9.01. The maximum absolute atomic E-state index is 11.9. The Kier molecular flexibility index (Phi) is 5.61. The van der Waals surface area contributed by atoms with E-state index in [-0.39, 0.29) is 11.0 Å². The molecule has 1 saturated carbocycles. The van der Waals surface area contributed by atoms with Crippen molar-refractivity contribution in [2.75, 3.05) is 13.1 Å². The second-order valence-electron chi connectivity index (χ2n) is 5.41. The first kappa shape index (κ1) is 16.3. The lowest BCUT2D eigenvalue weighted by Crippen LogP contribution is -2.35. The van der Waals surface area contributed by atoms with Gasteiger partial charge in [-0.1, -0.05) is 13.3 Å². The van der Waals surface area contributed by atoms with Gasteiger partial charge in [-0.3, -0.25) is 0 Å². The molecule has 5 nitrogen and oxygen atoms in total. The van der Waals surface area contributed by atoms with Crippen LogP contribution in [-0.2, 0) is 10.0 Å². The number of nitrogens with one attached hydrogen (secondary N) is 1. The van der Waals surface area contributed by atoms with Crippen LogP contribution in [0.2, 0.25) is 0 Å². The molecule has 1 aliphatic rings. The van der Waals surface area contributed by atoms with E-state index in [1.807, 2.05) is 0 Å². The normalized spacial score (nSPS) is 23.0. The third kappa shape index (κ3) is 4.18. The number of hydrogen-bond acceptors (Lipinski definition) is 4. The van der Waals surface area contributed by atoms with Crippen molar-refractivity contribution >= 4 is 10.0 Å². The molecule has 0 saturated heterocycles. The molecule has 0 aliphatic heterocycles. The molecule has 2 atom stereocenters. The molecular formula is C15H24N2O3S. The molecule has 1 aromatic carbocycles. The Labute approximate surface area is 126 Å². The lowest BCUT2D eigenvalue weighted by Gasteiger charge is -2.31. The van der Waals surface area contributed by atoms with E-state index in [1.165, 1.54) is 6.42 Å². The van der Waals surface area contributed by atoms with Crippen molar-refractivity contribution in [3.63, 3.8) is 0 Å². The van der Waals surface area contributed by atoms with Crippen molar-refractivity contribution in [3.05, 3.63) is 24.3 Å². The van der Waals surface area contributed by atoms with Gasteiger partial charge in [0.2, 0.25) is 10.0 Å². The van der Waals surface area contributed by atoms with E-state index in [0.29, 0.717) is 24.8 Å². The molecule has 1 aliphatic carbocycles. The van der Waals surface area contributed by atoms with Gasteiger partial charge in [-0.15, -0.1) is 0 Å². The predicted octanol–water partition coefficient (Wildman–Crippen LogP) is 1.88. The Morgan fingerprint density at radius 3 is 2.52 bits per heavy atom. The van der Waals surface area contributed by atoms with Crippen molar-refractivity contribution in [2.24, 2.45) is 11.7 Å². The quantitative estimate of drug-likeness (QED) is 0.840. The molecule has 0 aromatic heterocycles. The molecule has 0 bridgehead atoms. The summed E-state index contributed by atoms with van der Waals surface area (Å²) in [6.45, 7) is 2.77. The smallest absolute Gasteiger partial charge is 0.240 e. The zero-order chi connectivity index (χ0) is 15.3. The van der Waals surface area contributed by atoms with Crippen molar-refractivity contribution in [1.29, 1.82) is 0 Å². The minimum absolute atomic E-state index is 0.139. The van der Waals surface area contributed by atoms with Crippen LogP contribution in [0.5, 0.6) is 5.75 Å². The summed E-state index contributed by atoms with van der Waals surface area (Å²) in [7, 11) is -3.40. The van der Waals surface area contributed by atoms with E-state index < -0.39 is 10.0 Å². The zero-order valence-electron chi connectivity index (χ0n) is 12.4. The Morgan fingerprint density at radius 2 is 1.90 bits per heavy atom. The molecule has 2 unspecified atom stereocenters. The average molecular weight is 312 g/mol. The summed E-state index contributed by atoms with van der Waals surface area (Å²) in [6, 6.07) is 6.58. The molecule has 1 aromatic rings. The van der Waals surface area contributed by atoms with Crippen LogP contribution in [0.4, 0.5) is 0 Å². The first-order valence-electron chi connectivity index (χ1n) is 7.53. The van der Waals surface area contributed by atoms with E-state index in [9.17, 15) is 8.42 Å². The summed E-state index contributed by atoms with van der Waals surface area (Å²) in [6.07, 6.45) is 4.63. The van der Waals surface area contributed by atoms with Crippen LogP contribution < -0.4 is 15.2 Å². The van der Waals surface area contributed by atoms with Crippen LogP contribution in [0, 0.1) is 5.92 Å². The highest BCUT2D eigenvalue weighted by Gasteiger charge is 2.25. The number of sulfonamides is 1. The van der Waals surface area contributed by atoms with E-state index in [4.69, 9.17) is 10.5 Å². The summed E-state index contributed by atoms with van der Waals surface area (Å²) in [5, 5.41) is 0. The summed E-state index contributed by atoms with van der Waals surface area (Å²) < 4.78 is 32.2. The molecule has 21 heavy (non-hydrogen) atoms. The average Bonchev–Trinajstić information content (AvgIpc) is 2.48. The van der Waals surface area contributed by atoms with Gasteiger partial charge >= 0.3 is 0 Å². The molecular weight excluding hydrogens is 288 g/mol. The standard InChI is InChI=1S/C15H24N2O3S/c1-2-17-21(18,19)14-9-7-13(8-10-14)20-15-6-4-3-5-12(15)11-16/h7-10,12,15,17H,2-6,11,16H2,1H3. The van der Waals surface area contributed by atoms with Crippen LogP contribution >= 0.6 is 0 Å². The first-order chi connectivity index (χ1) is 10.1. The minimum Gasteiger partial charge on any atom is -0.490 e. The van der Waals surface area contributed by atoms with Crippen molar-refractivity contribution < 1.29 is 13.2 Å². The number of nitrogens with two attached hydrogens (primary N) is 1. The van der Waals surface area contributed by atoms with Crippen LogP contribution in [0.25, 0.3) is 0 Å². The van der Waals surface area contributed by atoms with E-state index in [0.717, 1.165) is 19.3 Å². The molecule has 0 spiro atoms. The van der Waals surface area contributed by atoms with Crippen molar-refractivity contribution in [3.8, 4) is 5.75 Å². The summed E-state index contributed by atoms with van der Waals surface area (Å²) in [5.41, 5.74) is 5.79. The van der Waals surface area contributed by atoms with Gasteiger partial charge in [0.25, 0.3) is 0 Å². The van der Waals surface area contributed by atoms with E-state index in [2.05, 4.69) is 4.72 Å². The van der Waals surface area contributed by atoms with Crippen molar-refractivity contribution in [1.82, 2.24) is 4.72 Å². The fourth-order valence-corrected chi connectivity index (χ4v) is 3.79. The monoisotopic (exact) mass is 312 g/mol. The van der Waals surface area contributed by atoms with Gasteiger partial charge in [0.15, 0.2) is 0 Å². The largest absolute Gasteiger partial charge is 0.490 e. The maximum Gasteiger partial charge on any atom is 0.240 e. The molecule has 2 rings (SSSR count). The highest BCUT2D eigenvalue weighted by atomic mass is 32.2. The van der Waals surface area contributed by atoms with Gasteiger partial charge in [-0.2, -0.15) is 0 Å². The Morgan fingerprint density at radius 1 is 1.24 bits per heavy atom. The highest BCUT2D eigenvalue weighted by molar-refractivity contribution is 7.89. The number of rotatable bonds is 6. The SMILES string of the molecule is CCNS(=O)(=O)c1ccc(OC2CCCCC2CN)cc1. The summed E-state index contributed by atoms with van der Waals surface area (Å²) >= 11 is 0. The second-order valence-corrected chi connectivity index (χ2v) is 7.18. The lowest BCUT2D eigenvalue weighted by atomic mass is 9.86. The van der Waals surface area contributed by atoms with Gasteiger partial charge in [0, 0.05) is 12.5 Å².